The van der Waals surface area contributed by atoms with Gasteiger partial charge >= 0.3 is 5.97 Å². The van der Waals surface area contributed by atoms with Crippen molar-refractivity contribution in [3.8, 4) is 11.5 Å². The van der Waals surface area contributed by atoms with Crippen LogP contribution < -0.4 is 15.4 Å². The molecule has 1 heterocycles. The highest BCUT2D eigenvalue weighted by Gasteiger charge is 2.09. The van der Waals surface area contributed by atoms with Crippen molar-refractivity contribution >= 4 is 29.5 Å². The average Bonchev–Trinajstić information content (AvgIpc) is 2.83. The maximum absolute atomic E-state index is 14.3. The van der Waals surface area contributed by atoms with Gasteiger partial charge in [0.15, 0.2) is 11.6 Å². The van der Waals surface area contributed by atoms with Crippen LogP contribution >= 0.6 is 0 Å². The lowest BCUT2D eigenvalue weighted by atomic mass is 10.2. The van der Waals surface area contributed by atoms with Crippen LogP contribution in [0.3, 0.4) is 0 Å². The number of amides is 2. The number of anilines is 1. The fraction of sp³-hybridized carbons (Fsp3) is 0.0833. The van der Waals surface area contributed by atoms with Crippen molar-refractivity contribution in [3.63, 3.8) is 0 Å². The van der Waals surface area contributed by atoms with Gasteiger partial charge in [-0.3, -0.25) is 19.4 Å². The summed E-state index contributed by atoms with van der Waals surface area (Å²) in [4.78, 5) is 39.1. The molecule has 1 aromatic heterocycles. The van der Waals surface area contributed by atoms with Crippen LogP contribution in [0.1, 0.15) is 15.9 Å². The molecule has 0 unspecified atom stereocenters. The Labute approximate surface area is 189 Å². The first-order valence-corrected chi connectivity index (χ1v) is 9.76. The molecule has 0 fully saturated rings. The number of rotatable bonds is 8. The predicted molar refractivity (Wildman–Crippen MR) is 119 cm³/mol. The third-order valence-electron chi connectivity index (χ3n) is 4.28. The number of methoxy groups -OCH3 is 1. The number of nitrogens with one attached hydrogen (secondary N) is 2. The average molecular weight is 449 g/mol. The van der Waals surface area contributed by atoms with Crippen molar-refractivity contribution in [3.05, 3.63) is 90.0 Å². The Hall–Kier alpha value is -4.53. The number of carbonyl (C=O) groups excluding carboxylic acids is 3. The number of hydrogen-bond acceptors (Lipinski definition) is 6. The summed E-state index contributed by atoms with van der Waals surface area (Å²) in [7, 11) is 1.23. The van der Waals surface area contributed by atoms with E-state index in [0.717, 1.165) is 0 Å². The number of hydrogen-bond donors (Lipinski definition) is 2. The summed E-state index contributed by atoms with van der Waals surface area (Å²) >= 11 is 0. The number of esters is 1. The summed E-state index contributed by atoms with van der Waals surface area (Å²) < 4.78 is 24.2. The quantitative estimate of drug-likeness (QED) is 0.402. The predicted octanol–water partition coefficient (Wildman–Crippen LogP) is 3.57. The number of aromatic nitrogens is 1. The van der Waals surface area contributed by atoms with Crippen molar-refractivity contribution in [2.45, 2.75) is 0 Å². The summed E-state index contributed by atoms with van der Waals surface area (Å²) in [6.45, 7) is -0.240. The molecular formula is C24H20FN3O5. The maximum atomic E-state index is 14.3. The molecule has 0 aliphatic rings. The second-order valence-corrected chi connectivity index (χ2v) is 6.64. The molecule has 2 amide bonds. The largest absolute Gasteiger partial charge is 0.468 e. The van der Waals surface area contributed by atoms with Crippen molar-refractivity contribution in [2.24, 2.45) is 0 Å². The summed E-state index contributed by atoms with van der Waals surface area (Å²) in [6, 6.07) is 13.8. The van der Waals surface area contributed by atoms with Gasteiger partial charge in [0, 0.05) is 23.5 Å². The van der Waals surface area contributed by atoms with Crippen LogP contribution in [-0.2, 0) is 14.3 Å². The first-order valence-electron chi connectivity index (χ1n) is 9.76. The van der Waals surface area contributed by atoms with Crippen LogP contribution in [0.4, 0.5) is 10.1 Å². The molecule has 2 N–H and O–H groups in total. The fourth-order valence-corrected chi connectivity index (χ4v) is 2.63. The molecule has 0 radical (unpaired) electrons. The molecule has 2 aromatic carbocycles. The smallest absolute Gasteiger partial charge is 0.325 e. The molecule has 0 saturated heterocycles. The third-order valence-corrected chi connectivity index (χ3v) is 4.28. The van der Waals surface area contributed by atoms with Crippen molar-refractivity contribution in [1.29, 1.82) is 0 Å². The normalized spacial score (nSPS) is 10.5. The van der Waals surface area contributed by atoms with Gasteiger partial charge in [-0.05, 0) is 60.2 Å². The number of carbonyl (C=O) groups is 3. The van der Waals surface area contributed by atoms with Gasteiger partial charge in [-0.1, -0.05) is 6.07 Å². The lowest BCUT2D eigenvalue weighted by molar-refractivity contribution is -0.139. The van der Waals surface area contributed by atoms with E-state index in [1.165, 1.54) is 49.7 Å². The zero-order valence-electron chi connectivity index (χ0n) is 17.6. The molecule has 0 atom stereocenters. The van der Waals surface area contributed by atoms with Gasteiger partial charge in [-0.2, -0.15) is 0 Å². The van der Waals surface area contributed by atoms with Crippen LogP contribution in [0.5, 0.6) is 11.5 Å². The first kappa shape index (κ1) is 23.1. The summed E-state index contributed by atoms with van der Waals surface area (Å²) in [5.74, 6) is -1.58. The molecule has 0 saturated carbocycles. The molecule has 3 rings (SSSR count). The number of halogens is 1. The van der Waals surface area contributed by atoms with Crippen LogP contribution in [0.15, 0.2) is 73.1 Å². The summed E-state index contributed by atoms with van der Waals surface area (Å²) in [6.07, 6.45) is 5.77. The standard InChI is InChI=1S/C24H20FN3O5/c1-32-23(30)15-27-24(31)17-6-8-18(9-7-17)28-22(29)11-5-16-4-10-21(20(25)13-16)33-19-3-2-12-26-14-19/h2-14H,15H2,1H3,(H,27,31)(H,28,29)/b11-5+. The number of ether oxygens (including phenoxy) is 2. The molecule has 0 aliphatic heterocycles. The highest BCUT2D eigenvalue weighted by Crippen LogP contribution is 2.24. The Kier molecular flexibility index (Phi) is 7.85. The Morgan fingerprint density at radius 1 is 1.09 bits per heavy atom. The molecular weight excluding hydrogens is 429 g/mol. The van der Waals surface area contributed by atoms with Crippen LogP contribution in [0, 0.1) is 5.82 Å². The van der Waals surface area contributed by atoms with E-state index in [2.05, 4.69) is 20.4 Å². The highest BCUT2D eigenvalue weighted by molar-refractivity contribution is 6.02. The van der Waals surface area contributed by atoms with E-state index in [9.17, 15) is 18.8 Å². The number of pyridine rings is 1. The SMILES string of the molecule is COC(=O)CNC(=O)c1ccc(NC(=O)/C=C/c2ccc(Oc3cccnc3)c(F)c2)cc1. The summed E-state index contributed by atoms with van der Waals surface area (Å²) in [5, 5.41) is 5.06. The Morgan fingerprint density at radius 2 is 1.88 bits per heavy atom. The minimum atomic E-state index is -0.581. The van der Waals surface area contributed by atoms with E-state index < -0.39 is 23.6 Å². The minimum absolute atomic E-state index is 0.0420. The van der Waals surface area contributed by atoms with Crippen LogP contribution in [0.25, 0.3) is 6.08 Å². The minimum Gasteiger partial charge on any atom is -0.468 e. The van der Waals surface area contributed by atoms with Gasteiger partial charge in [-0.15, -0.1) is 0 Å². The van der Waals surface area contributed by atoms with E-state index in [0.29, 0.717) is 22.6 Å². The van der Waals surface area contributed by atoms with Crippen molar-refractivity contribution in [2.75, 3.05) is 19.0 Å². The molecule has 0 aliphatic carbocycles. The van der Waals surface area contributed by atoms with Crippen molar-refractivity contribution < 1.29 is 28.2 Å². The fourth-order valence-electron chi connectivity index (χ4n) is 2.63. The summed E-state index contributed by atoms with van der Waals surface area (Å²) in [5.41, 5.74) is 1.25. The second-order valence-electron chi connectivity index (χ2n) is 6.64. The maximum Gasteiger partial charge on any atom is 0.325 e. The van der Waals surface area contributed by atoms with Gasteiger partial charge in [0.25, 0.3) is 5.91 Å². The molecule has 9 heteroatoms. The van der Waals surface area contributed by atoms with E-state index in [4.69, 9.17) is 4.74 Å². The topological polar surface area (TPSA) is 107 Å². The third kappa shape index (κ3) is 7.00. The monoisotopic (exact) mass is 449 g/mol. The molecule has 3 aromatic rings. The van der Waals surface area contributed by atoms with E-state index in [1.54, 1.807) is 36.5 Å². The zero-order valence-corrected chi connectivity index (χ0v) is 17.6. The van der Waals surface area contributed by atoms with Crippen LogP contribution in [-0.4, -0.2) is 36.4 Å². The molecule has 0 bridgehead atoms. The molecule has 8 nitrogen and oxygen atoms in total. The Bertz CT molecular complexity index is 1160. The van der Waals surface area contributed by atoms with Gasteiger partial charge in [0.05, 0.1) is 13.3 Å². The lowest BCUT2D eigenvalue weighted by Crippen LogP contribution is -2.30. The second kappa shape index (κ2) is 11.2. The molecule has 0 spiro atoms. The van der Waals surface area contributed by atoms with Crippen molar-refractivity contribution in [1.82, 2.24) is 10.3 Å². The number of nitrogens with zero attached hydrogens (tertiary/aromatic N) is 1. The van der Waals surface area contributed by atoms with Gasteiger partial charge in [-0.25, -0.2) is 4.39 Å². The van der Waals surface area contributed by atoms with Crippen LogP contribution in [0.2, 0.25) is 0 Å². The van der Waals surface area contributed by atoms with Gasteiger partial charge < -0.3 is 20.1 Å². The molecule has 33 heavy (non-hydrogen) atoms. The first-order chi connectivity index (χ1) is 15.9. The zero-order chi connectivity index (χ0) is 23.6. The van der Waals surface area contributed by atoms with E-state index in [1.807, 2.05) is 0 Å². The Morgan fingerprint density at radius 3 is 2.55 bits per heavy atom. The van der Waals surface area contributed by atoms with E-state index >= 15 is 0 Å². The van der Waals surface area contributed by atoms with Gasteiger partial charge in [0.2, 0.25) is 5.91 Å². The molecule has 168 valence electrons. The highest BCUT2D eigenvalue weighted by atomic mass is 19.1. The lowest BCUT2D eigenvalue weighted by Gasteiger charge is -2.07. The Balaban J connectivity index is 1.54. The van der Waals surface area contributed by atoms with E-state index in [-0.39, 0.29) is 12.3 Å². The van der Waals surface area contributed by atoms with Gasteiger partial charge in [0.1, 0.15) is 12.3 Å². The number of benzene rings is 2.